The lowest BCUT2D eigenvalue weighted by atomic mass is 9.96. The second-order valence-corrected chi connectivity index (χ2v) is 6.77. The van der Waals surface area contributed by atoms with Crippen LogP contribution in [0.5, 0.6) is 0 Å². The van der Waals surface area contributed by atoms with Gasteiger partial charge in [-0.05, 0) is 44.0 Å². The molecule has 0 saturated carbocycles. The number of hydrogen-bond acceptors (Lipinski definition) is 4. The van der Waals surface area contributed by atoms with Crippen molar-refractivity contribution in [1.29, 1.82) is 0 Å². The van der Waals surface area contributed by atoms with Crippen LogP contribution in [-0.4, -0.2) is 67.7 Å². The number of carbonyl (C=O) groups excluding carboxylic acids is 2. The lowest BCUT2D eigenvalue weighted by Crippen LogP contribution is -2.53. The van der Waals surface area contributed by atoms with Gasteiger partial charge >= 0.3 is 6.09 Å². The quantitative estimate of drug-likeness (QED) is 0.827. The second-order valence-electron chi connectivity index (χ2n) is 6.77. The largest absolute Gasteiger partial charge is 0.450 e. The molecule has 1 atom stereocenters. The summed E-state index contributed by atoms with van der Waals surface area (Å²) in [6.07, 6.45) is 1.31. The Morgan fingerprint density at radius 2 is 1.77 bits per heavy atom. The normalized spacial score (nSPS) is 20.8. The summed E-state index contributed by atoms with van der Waals surface area (Å²) < 4.78 is 18.1. The number of carbonyl (C=O) groups is 2. The molecule has 0 N–H and O–H groups in total. The maximum absolute atomic E-state index is 13.1. The molecule has 6 nitrogen and oxygen atoms in total. The average Bonchev–Trinajstić information content (AvgIpc) is 2.68. The van der Waals surface area contributed by atoms with Crippen LogP contribution in [-0.2, 0) is 9.53 Å². The van der Waals surface area contributed by atoms with Crippen molar-refractivity contribution < 1.29 is 18.7 Å². The van der Waals surface area contributed by atoms with Gasteiger partial charge in [-0.1, -0.05) is 0 Å². The van der Waals surface area contributed by atoms with E-state index in [0.717, 1.165) is 31.6 Å². The first-order valence-electron chi connectivity index (χ1n) is 9.29. The zero-order valence-corrected chi connectivity index (χ0v) is 15.2. The van der Waals surface area contributed by atoms with Gasteiger partial charge in [0.1, 0.15) is 5.82 Å². The smallest absolute Gasteiger partial charge is 0.409 e. The zero-order chi connectivity index (χ0) is 18.5. The number of piperidine rings is 1. The molecule has 2 saturated heterocycles. The number of nitrogens with zero attached hydrogens (tertiary/aromatic N) is 3. The number of amides is 2. The highest BCUT2D eigenvalue weighted by molar-refractivity contribution is 5.80. The molecule has 0 aromatic heterocycles. The maximum Gasteiger partial charge on any atom is 0.409 e. The molecular formula is C19H26FN3O3. The molecule has 0 bridgehead atoms. The van der Waals surface area contributed by atoms with E-state index in [-0.39, 0.29) is 23.7 Å². The number of ether oxygens (including phenoxy) is 1. The van der Waals surface area contributed by atoms with Crippen molar-refractivity contribution >= 4 is 17.7 Å². The summed E-state index contributed by atoms with van der Waals surface area (Å²) in [6.45, 7) is 5.97. The van der Waals surface area contributed by atoms with E-state index >= 15 is 0 Å². The van der Waals surface area contributed by atoms with Crippen molar-refractivity contribution in [3.63, 3.8) is 0 Å². The Bertz CT molecular complexity index is 629. The standard InChI is InChI=1S/C19H26FN3O3/c1-2-26-19(25)23-9-3-4-15(14-23)18(24)22-12-10-21(11-13-22)17-7-5-16(20)6-8-17/h5-8,15H,2-4,9-14H2,1H3. The summed E-state index contributed by atoms with van der Waals surface area (Å²) in [5, 5.41) is 0. The third kappa shape index (κ3) is 4.26. The van der Waals surface area contributed by atoms with Crippen molar-refractivity contribution in [2.24, 2.45) is 5.92 Å². The fraction of sp³-hybridized carbons (Fsp3) is 0.579. The summed E-state index contributed by atoms with van der Waals surface area (Å²) in [7, 11) is 0. The number of rotatable bonds is 3. The molecular weight excluding hydrogens is 337 g/mol. The van der Waals surface area contributed by atoms with E-state index in [1.165, 1.54) is 12.1 Å². The summed E-state index contributed by atoms with van der Waals surface area (Å²) in [6, 6.07) is 6.45. The highest BCUT2D eigenvalue weighted by Crippen LogP contribution is 2.22. The first-order valence-corrected chi connectivity index (χ1v) is 9.29. The molecule has 1 unspecified atom stereocenters. The number of halogens is 1. The number of likely N-dealkylation sites (tertiary alicyclic amines) is 1. The monoisotopic (exact) mass is 363 g/mol. The number of hydrogen-bond donors (Lipinski definition) is 0. The van der Waals surface area contributed by atoms with Gasteiger partial charge in [0, 0.05) is 45.0 Å². The predicted octanol–water partition coefficient (Wildman–Crippen LogP) is 2.34. The molecule has 1 aromatic rings. The number of anilines is 1. The van der Waals surface area contributed by atoms with Gasteiger partial charge < -0.3 is 19.4 Å². The maximum atomic E-state index is 13.1. The lowest BCUT2D eigenvalue weighted by molar-refractivity contribution is -0.137. The van der Waals surface area contributed by atoms with E-state index in [2.05, 4.69) is 4.90 Å². The van der Waals surface area contributed by atoms with Gasteiger partial charge in [-0.2, -0.15) is 0 Å². The van der Waals surface area contributed by atoms with Crippen molar-refractivity contribution in [3.8, 4) is 0 Å². The van der Waals surface area contributed by atoms with Crippen LogP contribution in [0, 0.1) is 11.7 Å². The Morgan fingerprint density at radius 3 is 2.42 bits per heavy atom. The fourth-order valence-corrected chi connectivity index (χ4v) is 3.65. The van der Waals surface area contributed by atoms with E-state index in [4.69, 9.17) is 4.74 Å². The van der Waals surface area contributed by atoms with Crippen LogP contribution < -0.4 is 4.90 Å². The molecule has 0 radical (unpaired) electrons. The zero-order valence-electron chi connectivity index (χ0n) is 15.2. The van der Waals surface area contributed by atoms with E-state index in [9.17, 15) is 14.0 Å². The molecule has 2 aliphatic heterocycles. The number of benzene rings is 1. The summed E-state index contributed by atoms with van der Waals surface area (Å²) in [5.74, 6) is -0.269. The molecule has 26 heavy (non-hydrogen) atoms. The minimum Gasteiger partial charge on any atom is -0.450 e. The van der Waals surface area contributed by atoms with Crippen molar-refractivity contribution in [3.05, 3.63) is 30.1 Å². The molecule has 7 heteroatoms. The van der Waals surface area contributed by atoms with Crippen molar-refractivity contribution in [2.45, 2.75) is 19.8 Å². The second kappa shape index (κ2) is 8.38. The Morgan fingerprint density at radius 1 is 1.08 bits per heavy atom. The first kappa shape index (κ1) is 18.5. The molecule has 0 spiro atoms. The van der Waals surface area contributed by atoms with Crippen LogP contribution in [0.1, 0.15) is 19.8 Å². The third-order valence-electron chi connectivity index (χ3n) is 5.08. The van der Waals surface area contributed by atoms with Gasteiger partial charge in [-0.15, -0.1) is 0 Å². The van der Waals surface area contributed by atoms with Gasteiger partial charge in [0.05, 0.1) is 12.5 Å². The highest BCUT2D eigenvalue weighted by atomic mass is 19.1. The van der Waals surface area contributed by atoms with Crippen LogP contribution in [0.3, 0.4) is 0 Å². The molecule has 2 fully saturated rings. The van der Waals surface area contributed by atoms with Crippen molar-refractivity contribution in [2.75, 3.05) is 50.8 Å². The van der Waals surface area contributed by atoms with E-state index in [1.807, 2.05) is 4.90 Å². The van der Waals surface area contributed by atoms with Gasteiger partial charge in [0.15, 0.2) is 0 Å². The SMILES string of the molecule is CCOC(=O)N1CCCC(C(=O)N2CCN(c3ccc(F)cc3)CC2)C1. The van der Waals surface area contributed by atoms with E-state index in [1.54, 1.807) is 24.0 Å². The summed E-state index contributed by atoms with van der Waals surface area (Å²) in [4.78, 5) is 30.5. The van der Waals surface area contributed by atoms with Crippen LogP contribution >= 0.6 is 0 Å². The molecule has 142 valence electrons. The molecule has 0 aliphatic carbocycles. The summed E-state index contributed by atoms with van der Waals surface area (Å²) in [5.41, 5.74) is 0.977. The van der Waals surface area contributed by atoms with Crippen LogP contribution in [0.4, 0.5) is 14.9 Å². The average molecular weight is 363 g/mol. The first-order chi connectivity index (χ1) is 12.6. The van der Waals surface area contributed by atoms with E-state index in [0.29, 0.717) is 32.8 Å². The minimum absolute atomic E-state index is 0.123. The van der Waals surface area contributed by atoms with E-state index < -0.39 is 0 Å². The van der Waals surface area contributed by atoms with Crippen molar-refractivity contribution in [1.82, 2.24) is 9.80 Å². The molecule has 2 heterocycles. The molecule has 2 amide bonds. The van der Waals surface area contributed by atoms with Gasteiger partial charge in [0.2, 0.25) is 5.91 Å². The van der Waals surface area contributed by atoms with Crippen LogP contribution in [0.15, 0.2) is 24.3 Å². The van der Waals surface area contributed by atoms with Gasteiger partial charge in [0.25, 0.3) is 0 Å². The molecule has 2 aliphatic rings. The lowest BCUT2D eigenvalue weighted by Gasteiger charge is -2.39. The minimum atomic E-state index is -0.328. The Balaban J connectivity index is 1.53. The number of piperazine rings is 1. The molecule has 1 aromatic carbocycles. The van der Waals surface area contributed by atoms with Crippen LogP contribution in [0.25, 0.3) is 0 Å². The highest BCUT2D eigenvalue weighted by Gasteiger charge is 2.33. The Hall–Kier alpha value is -2.31. The van der Waals surface area contributed by atoms with Gasteiger partial charge in [-0.25, -0.2) is 9.18 Å². The van der Waals surface area contributed by atoms with Gasteiger partial charge in [-0.3, -0.25) is 4.79 Å². The topological polar surface area (TPSA) is 53.1 Å². The Kier molecular flexibility index (Phi) is 5.96. The molecule has 3 rings (SSSR count). The Labute approximate surface area is 153 Å². The predicted molar refractivity (Wildman–Crippen MR) is 96.5 cm³/mol. The third-order valence-corrected chi connectivity index (χ3v) is 5.08. The summed E-state index contributed by atoms with van der Waals surface area (Å²) >= 11 is 0. The fourth-order valence-electron chi connectivity index (χ4n) is 3.65. The van der Waals surface area contributed by atoms with Crippen LogP contribution in [0.2, 0.25) is 0 Å².